The molecular weight excluding hydrogens is 260 g/mol. The molecule has 4 nitrogen and oxygen atoms in total. The van der Waals surface area contributed by atoms with Crippen LogP contribution in [0.15, 0.2) is 24.3 Å². The van der Waals surface area contributed by atoms with Crippen LogP contribution in [0.25, 0.3) is 0 Å². The van der Waals surface area contributed by atoms with E-state index in [1.54, 1.807) is 0 Å². The standard InChI is InChI=1S/C17H30N4/c1-16-3-2-4-17(15-16)5-12-21-13-10-19-8-6-18-7-9-20-11-14-21/h2-4,15,18-20H,5-14H2,1H3. The molecule has 1 heterocycles. The first-order valence-electron chi connectivity index (χ1n) is 8.24. The Morgan fingerprint density at radius 3 is 2.14 bits per heavy atom. The van der Waals surface area contributed by atoms with Gasteiger partial charge in [-0.05, 0) is 18.9 Å². The Balaban J connectivity index is 1.77. The van der Waals surface area contributed by atoms with Crippen LogP contribution in [0.4, 0.5) is 0 Å². The van der Waals surface area contributed by atoms with Crippen LogP contribution in [-0.4, -0.2) is 63.8 Å². The van der Waals surface area contributed by atoms with Crippen molar-refractivity contribution in [3.8, 4) is 0 Å². The second-order valence-electron chi connectivity index (χ2n) is 5.83. The molecule has 0 amide bonds. The van der Waals surface area contributed by atoms with E-state index in [2.05, 4.69) is 52.0 Å². The van der Waals surface area contributed by atoms with Crippen LogP contribution in [0.2, 0.25) is 0 Å². The molecule has 2 rings (SSSR count). The van der Waals surface area contributed by atoms with Gasteiger partial charge < -0.3 is 20.9 Å². The minimum atomic E-state index is 1.06. The van der Waals surface area contributed by atoms with E-state index < -0.39 is 0 Å². The van der Waals surface area contributed by atoms with Crippen LogP contribution >= 0.6 is 0 Å². The highest BCUT2D eigenvalue weighted by Crippen LogP contribution is 2.05. The summed E-state index contributed by atoms with van der Waals surface area (Å²) in [6, 6.07) is 8.88. The predicted molar refractivity (Wildman–Crippen MR) is 89.9 cm³/mol. The molecule has 1 aliphatic rings. The van der Waals surface area contributed by atoms with E-state index in [0.717, 1.165) is 65.3 Å². The number of nitrogens with zero attached hydrogens (tertiary/aromatic N) is 1. The van der Waals surface area contributed by atoms with Crippen LogP contribution in [-0.2, 0) is 6.42 Å². The molecule has 118 valence electrons. The zero-order valence-corrected chi connectivity index (χ0v) is 13.3. The monoisotopic (exact) mass is 290 g/mol. The number of aryl methyl sites for hydroxylation is 1. The smallest absolute Gasteiger partial charge is 0.0108 e. The summed E-state index contributed by atoms with van der Waals surface area (Å²) < 4.78 is 0. The van der Waals surface area contributed by atoms with Crippen LogP contribution in [0.1, 0.15) is 11.1 Å². The lowest BCUT2D eigenvalue weighted by Crippen LogP contribution is -2.42. The molecule has 1 saturated heterocycles. The largest absolute Gasteiger partial charge is 0.314 e. The maximum atomic E-state index is 3.52. The lowest BCUT2D eigenvalue weighted by atomic mass is 10.1. The second kappa shape index (κ2) is 9.90. The fourth-order valence-corrected chi connectivity index (χ4v) is 2.69. The Labute approximate surface area is 129 Å². The molecule has 1 aromatic carbocycles. The third-order valence-corrected chi connectivity index (χ3v) is 3.97. The third kappa shape index (κ3) is 7.05. The summed E-state index contributed by atoms with van der Waals surface area (Å²) in [4.78, 5) is 2.57. The van der Waals surface area contributed by atoms with Crippen LogP contribution < -0.4 is 16.0 Å². The fourth-order valence-electron chi connectivity index (χ4n) is 2.69. The van der Waals surface area contributed by atoms with Crippen LogP contribution in [0, 0.1) is 6.92 Å². The topological polar surface area (TPSA) is 39.3 Å². The lowest BCUT2D eigenvalue weighted by Gasteiger charge is -2.23. The molecule has 1 aliphatic heterocycles. The first-order valence-corrected chi connectivity index (χ1v) is 8.24. The van der Waals surface area contributed by atoms with Gasteiger partial charge in [0.15, 0.2) is 0 Å². The first kappa shape index (κ1) is 16.4. The van der Waals surface area contributed by atoms with Gasteiger partial charge in [0.1, 0.15) is 0 Å². The molecule has 4 heteroatoms. The zero-order chi connectivity index (χ0) is 14.8. The normalized spacial score (nSPS) is 19.7. The Morgan fingerprint density at radius 1 is 0.905 bits per heavy atom. The van der Waals surface area contributed by atoms with E-state index in [-0.39, 0.29) is 0 Å². The van der Waals surface area contributed by atoms with Crippen LogP contribution in [0.3, 0.4) is 0 Å². The molecule has 0 aliphatic carbocycles. The van der Waals surface area contributed by atoms with E-state index in [4.69, 9.17) is 0 Å². The van der Waals surface area contributed by atoms with Crippen molar-refractivity contribution in [3.05, 3.63) is 35.4 Å². The Morgan fingerprint density at radius 2 is 1.52 bits per heavy atom. The molecule has 0 atom stereocenters. The average molecular weight is 290 g/mol. The molecule has 21 heavy (non-hydrogen) atoms. The summed E-state index contributed by atoms with van der Waals surface area (Å²) in [7, 11) is 0. The highest BCUT2D eigenvalue weighted by molar-refractivity contribution is 5.22. The summed E-state index contributed by atoms with van der Waals surface area (Å²) in [5.41, 5.74) is 2.81. The van der Waals surface area contributed by atoms with E-state index in [1.165, 1.54) is 11.1 Å². The number of nitrogens with one attached hydrogen (secondary N) is 3. The molecule has 0 radical (unpaired) electrons. The highest BCUT2D eigenvalue weighted by atomic mass is 15.2. The molecule has 3 N–H and O–H groups in total. The van der Waals surface area contributed by atoms with E-state index in [1.807, 2.05) is 0 Å². The zero-order valence-electron chi connectivity index (χ0n) is 13.3. The first-order chi connectivity index (χ1) is 10.3. The third-order valence-electron chi connectivity index (χ3n) is 3.97. The van der Waals surface area contributed by atoms with Gasteiger partial charge in [0.25, 0.3) is 0 Å². The molecule has 1 fully saturated rings. The molecule has 1 aromatic rings. The quantitative estimate of drug-likeness (QED) is 0.763. The van der Waals surface area contributed by atoms with Crippen LogP contribution in [0.5, 0.6) is 0 Å². The summed E-state index contributed by atoms with van der Waals surface area (Å²) in [6.45, 7) is 12.0. The van der Waals surface area contributed by atoms with Gasteiger partial charge in [-0.1, -0.05) is 29.8 Å². The van der Waals surface area contributed by atoms with Gasteiger partial charge in [0.05, 0.1) is 0 Å². The van der Waals surface area contributed by atoms with E-state index in [0.29, 0.717) is 0 Å². The molecule has 0 aromatic heterocycles. The van der Waals surface area contributed by atoms with Gasteiger partial charge >= 0.3 is 0 Å². The van der Waals surface area contributed by atoms with E-state index in [9.17, 15) is 0 Å². The van der Waals surface area contributed by atoms with E-state index >= 15 is 0 Å². The van der Waals surface area contributed by atoms with Crippen molar-refractivity contribution in [1.82, 2.24) is 20.9 Å². The number of hydrogen-bond donors (Lipinski definition) is 3. The van der Waals surface area contributed by atoms with Crippen molar-refractivity contribution in [2.45, 2.75) is 13.3 Å². The number of benzene rings is 1. The Hall–Kier alpha value is -0.940. The maximum absolute atomic E-state index is 3.52. The highest BCUT2D eigenvalue weighted by Gasteiger charge is 2.06. The molecular formula is C17H30N4. The van der Waals surface area contributed by atoms with Crippen molar-refractivity contribution in [2.24, 2.45) is 0 Å². The van der Waals surface area contributed by atoms with Gasteiger partial charge in [-0.2, -0.15) is 0 Å². The molecule has 0 spiro atoms. The maximum Gasteiger partial charge on any atom is 0.0108 e. The molecule has 0 saturated carbocycles. The van der Waals surface area contributed by atoms with Crippen molar-refractivity contribution in [2.75, 3.05) is 58.9 Å². The Bertz CT molecular complexity index is 382. The summed E-state index contributed by atoms with van der Waals surface area (Å²) in [5.74, 6) is 0. The van der Waals surface area contributed by atoms with Crippen molar-refractivity contribution in [3.63, 3.8) is 0 Å². The number of hydrogen-bond acceptors (Lipinski definition) is 4. The van der Waals surface area contributed by atoms with Gasteiger partial charge in [-0.25, -0.2) is 0 Å². The number of rotatable bonds is 3. The van der Waals surface area contributed by atoms with Crippen molar-refractivity contribution >= 4 is 0 Å². The SMILES string of the molecule is Cc1cccc(CCN2CCNCCNCCNCC2)c1. The Kier molecular flexibility index (Phi) is 7.75. The second-order valence-corrected chi connectivity index (χ2v) is 5.83. The summed E-state index contributed by atoms with van der Waals surface area (Å²) >= 11 is 0. The van der Waals surface area contributed by atoms with Gasteiger partial charge in [0.2, 0.25) is 0 Å². The minimum absolute atomic E-state index is 1.06. The van der Waals surface area contributed by atoms with Gasteiger partial charge in [0, 0.05) is 58.9 Å². The van der Waals surface area contributed by atoms with Crippen molar-refractivity contribution in [1.29, 1.82) is 0 Å². The van der Waals surface area contributed by atoms with Gasteiger partial charge in [-0.3, -0.25) is 0 Å². The van der Waals surface area contributed by atoms with Gasteiger partial charge in [-0.15, -0.1) is 0 Å². The summed E-state index contributed by atoms with van der Waals surface area (Å²) in [5, 5.41) is 10.5. The minimum Gasteiger partial charge on any atom is -0.314 e. The molecule has 0 unspecified atom stereocenters. The predicted octanol–water partition coefficient (Wildman–Crippen LogP) is 0.622. The molecule has 0 bridgehead atoms. The fraction of sp³-hybridized carbons (Fsp3) is 0.647. The lowest BCUT2D eigenvalue weighted by molar-refractivity contribution is 0.274. The average Bonchev–Trinajstić information content (AvgIpc) is 2.47. The summed E-state index contributed by atoms with van der Waals surface area (Å²) in [6.07, 6.45) is 1.14. The van der Waals surface area contributed by atoms with Crippen molar-refractivity contribution < 1.29 is 0 Å².